The van der Waals surface area contributed by atoms with E-state index in [2.05, 4.69) is 10.3 Å². The van der Waals surface area contributed by atoms with Crippen LogP contribution in [0, 0.1) is 5.82 Å². The number of rotatable bonds is 7. The van der Waals surface area contributed by atoms with Crippen molar-refractivity contribution >= 4 is 28.6 Å². The minimum absolute atomic E-state index is 0.0905. The molecule has 0 bridgehead atoms. The van der Waals surface area contributed by atoms with Gasteiger partial charge in [-0.05, 0) is 50.1 Å². The third-order valence-corrected chi connectivity index (χ3v) is 5.74. The van der Waals surface area contributed by atoms with Crippen LogP contribution in [0.25, 0.3) is 10.9 Å². The Morgan fingerprint density at radius 2 is 1.86 bits per heavy atom. The summed E-state index contributed by atoms with van der Waals surface area (Å²) in [4.78, 5) is 30.2. The van der Waals surface area contributed by atoms with Crippen LogP contribution >= 0.6 is 11.8 Å². The van der Waals surface area contributed by atoms with Gasteiger partial charge in [0.15, 0.2) is 5.16 Å². The summed E-state index contributed by atoms with van der Waals surface area (Å²) >= 11 is 1.27. The lowest BCUT2D eigenvalue weighted by molar-refractivity contribution is -0.120. The number of carbonyl (C=O) groups is 1. The molecule has 0 unspecified atom stereocenters. The number of amides is 1. The van der Waals surface area contributed by atoms with Gasteiger partial charge in [-0.2, -0.15) is 0 Å². The van der Waals surface area contributed by atoms with Gasteiger partial charge in [0.1, 0.15) is 5.82 Å². The Morgan fingerprint density at radius 3 is 2.55 bits per heavy atom. The molecular weight excluding hydrogens is 389 g/mol. The smallest absolute Gasteiger partial charge is 0.262 e. The summed E-state index contributed by atoms with van der Waals surface area (Å²) in [5.41, 5.74) is 1.36. The largest absolute Gasteiger partial charge is 0.349 e. The maximum absolute atomic E-state index is 13.1. The van der Waals surface area contributed by atoms with Crippen LogP contribution in [0.4, 0.5) is 4.39 Å². The summed E-state index contributed by atoms with van der Waals surface area (Å²) < 4.78 is 14.7. The summed E-state index contributed by atoms with van der Waals surface area (Å²) in [5.74, 6) is -0.482. The fourth-order valence-corrected chi connectivity index (χ4v) is 3.98. The van der Waals surface area contributed by atoms with Crippen LogP contribution < -0.4 is 10.9 Å². The zero-order chi connectivity index (χ0) is 21.0. The van der Waals surface area contributed by atoms with Crippen LogP contribution in [0.15, 0.2) is 58.5 Å². The molecule has 1 aromatic heterocycles. The molecule has 29 heavy (non-hydrogen) atoms. The van der Waals surface area contributed by atoms with Gasteiger partial charge in [0.2, 0.25) is 5.91 Å². The molecular formula is C22H24FN3O2S. The number of fused-ring (bicyclic) bond motifs is 1. The number of hydrogen-bond donors (Lipinski definition) is 1. The molecule has 2 atom stereocenters. The molecule has 0 aliphatic rings. The van der Waals surface area contributed by atoms with Crippen LogP contribution in [0.1, 0.15) is 38.8 Å². The molecule has 1 N–H and O–H groups in total. The van der Waals surface area contributed by atoms with Crippen molar-refractivity contribution in [3.05, 3.63) is 70.3 Å². The van der Waals surface area contributed by atoms with Crippen molar-refractivity contribution in [1.82, 2.24) is 14.9 Å². The standard InChI is InChI=1S/C22H24FN3O2S/c1-4-13-26-21(28)18-7-5-6-8-19(18)25-22(26)29-15(3)20(27)24-14(2)16-9-11-17(23)12-10-16/h5-12,14-15H,4,13H2,1-3H3,(H,24,27)/t14-,15+/m1/s1. The van der Waals surface area contributed by atoms with Gasteiger partial charge < -0.3 is 5.32 Å². The number of hydrogen-bond acceptors (Lipinski definition) is 4. The molecule has 1 heterocycles. The predicted molar refractivity (Wildman–Crippen MR) is 115 cm³/mol. The lowest BCUT2D eigenvalue weighted by Crippen LogP contribution is -2.34. The van der Waals surface area contributed by atoms with Gasteiger partial charge in [0, 0.05) is 6.54 Å². The van der Waals surface area contributed by atoms with E-state index in [1.165, 1.54) is 23.9 Å². The average molecular weight is 414 g/mol. The van der Waals surface area contributed by atoms with Gasteiger partial charge in [0.25, 0.3) is 5.56 Å². The van der Waals surface area contributed by atoms with Crippen LogP contribution in [-0.2, 0) is 11.3 Å². The van der Waals surface area contributed by atoms with Crippen LogP contribution in [0.5, 0.6) is 0 Å². The highest BCUT2D eigenvalue weighted by Crippen LogP contribution is 2.24. The number of nitrogens with one attached hydrogen (secondary N) is 1. The van der Waals surface area contributed by atoms with Crippen molar-refractivity contribution in [3.63, 3.8) is 0 Å². The van der Waals surface area contributed by atoms with E-state index in [1.807, 2.05) is 26.0 Å². The Balaban J connectivity index is 1.80. The topological polar surface area (TPSA) is 64.0 Å². The molecule has 3 rings (SSSR count). The normalized spacial score (nSPS) is 13.2. The Bertz CT molecular complexity index is 1070. The monoisotopic (exact) mass is 413 g/mol. The highest BCUT2D eigenvalue weighted by molar-refractivity contribution is 8.00. The number of carbonyl (C=O) groups excluding carboxylic acids is 1. The molecule has 7 heteroatoms. The molecule has 0 aliphatic heterocycles. The molecule has 0 fully saturated rings. The van der Waals surface area contributed by atoms with Gasteiger partial charge in [-0.15, -0.1) is 0 Å². The Labute approximate surface area is 173 Å². The highest BCUT2D eigenvalue weighted by Gasteiger charge is 2.21. The minimum atomic E-state index is -0.450. The van der Waals surface area contributed by atoms with Crippen molar-refractivity contribution < 1.29 is 9.18 Å². The maximum Gasteiger partial charge on any atom is 0.262 e. The van der Waals surface area contributed by atoms with Gasteiger partial charge in [-0.25, -0.2) is 9.37 Å². The van der Waals surface area contributed by atoms with Crippen molar-refractivity contribution in [3.8, 4) is 0 Å². The van der Waals surface area contributed by atoms with Crippen molar-refractivity contribution in [2.24, 2.45) is 0 Å². The Morgan fingerprint density at radius 1 is 1.17 bits per heavy atom. The first-order valence-corrected chi connectivity index (χ1v) is 10.5. The summed E-state index contributed by atoms with van der Waals surface area (Å²) in [6.07, 6.45) is 0.787. The molecule has 0 radical (unpaired) electrons. The quantitative estimate of drug-likeness (QED) is 0.463. The molecule has 0 saturated carbocycles. The maximum atomic E-state index is 13.1. The second-order valence-corrected chi connectivity index (χ2v) is 8.22. The highest BCUT2D eigenvalue weighted by atomic mass is 32.2. The second-order valence-electron chi connectivity index (χ2n) is 6.91. The first-order chi connectivity index (χ1) is 13.9. The molecule has 0 saturated heterocycles. The number of thioether (sulfide) groups is 1. The lowest BCUT2D eigenvalue weighted by atomic mass is 10.1. The zero-order valence-electron chi connectivity index (χ0n) is 16.7. The number of aromatic nitrogens is 2. The van der Waals surface area contributed by atoms with E-state index in [0.29, 0.717) is 22.6 Å². The fraction of sp³-hybridized carbons (Fsp3) is 0.318. The van der Waals surface area contributed by atoms with Crippen molar-refractivity contribution in [2.75, 3.05) is 0 Å². The average Bonchev–Trinajstić information content (AvgIpc) is 2.71. The molecule has 0 aliphatic carbocycles. The zero-order valence-corrected chi connectivity index (χ0v) is 17.5. The van der Waals surface area contributed by atoms with Crippen LogP contribution in [-0.4, -0.2) is 20.7 Å². The van der Waals surface area contributed by atoms with Gasteiger partial charge in [-0.1, -0.05) is 43.0 Å². The number of nitrogens with zero attached hydrogens (tertiary/aromatic N) is 2. The van der Waals surface area contributed by atoms with E-state index < -0.39 is 5.25 Å². The first kappa shape index (κ1) is 21.0. The van der Waals surface area contributed by atoms with Gasteiger partial charge in [0.05, 0.1) is 22.2 Å². The van der Waals surface area contributed by atoms with E-state index in [-0.39, 0.29) is 23.3 Å². The van der Waals surface area contributed by atoms with Crippen LogP contribution in [0.2, 0.25) is 0 Å². The van der Waals surface area contributed by atoms with E-state index in [4.69, 9.17) is 0 Å². The fourth-order valence-electron chi connectivity index (χ4n) is 3.04. The van der Waals surface area contributed by atoms with E-state index in [9.17, 15) is 14.0 Å². The van der Waals surface area contributed by atoms with E-state index in [0.717, 1.165) is 12.0 Å². The second kappa shape index (κ2) is 9.22. The Hall–Kier alpha value is -2.67. The van der Waals surface area contributed by atoms with E-state index >= 15 is 0 Å². The molecule has 5 nitrogen and oxygen atoms in total. The number of para-hydroxylation sites is 1. The lowest BCUT2D eigenvalue weighted by Gasteiger charge is -2.19. The molecule has 1 amide bonds. The summed E-state index contributed by atoms with van der Waals surface area (Å²) in [6, 6.07) is 13.0. The van der Waals surface area contributed by atoms with E-state index in [1.54, 1.807) is 35.8 Å². The molecule has 3 aromatic rings. The minimum Gasteiger partial charge on any atom is -0.349 e. The summed E-state index contributed by atoms with van der Waals surface area (Å²) in [6.45, 7) is 6.18. The summed E-state index contributed by atoms with van der Waals surface area (Å²) in [5, 5.41) is 3.60. The predicted octanol–water partition coefficient (Wildman–Crippen LogP) is 4.30. The third kappa shape index (κ3) is 4.85. The van der Waals surface area contributed by atoms with Gasteiger partial charge >= 0.3 is 0 Å². The van der Waals surface area contributed by atoms with Crippen molar-refractivity contribution in [2.45, 2.75) is 50.2 Å². The molecule has 2 aromatic carbocycles. The van der Waals surface area contributed by atoms with Crippen molar-refractivity contribution in [1.29, 1.82) is 0 Å². The molecule has 152 valence electrons. The third-order valence-electron chi connectivity index (χ3n) is 4.65. The SMILES string of the molecule is CCCn1c(S[C@@H](C)C(=O)N[C@H](C)c2ccc(F)cc2)nc2ccccc2c1=O. The Kier molecular flexibility index (Phi) is 6.69. The first-order valence-electron chi connectivity index (χ1n) is 9.62. The molecule has 0 spiro atoms. The number of benzene rings is 2. The summed E-state index contributed by atoms with van der Waals surface area (Å²) in [7, 11) is 0. The van der Waals surface area contributed by atoms with Crippen LogP contribution in [0.3, 0.4) is 0 Å². The number of halogens is 1. The van der Waals surface area contributed by atoms with Gasteiger partial charge in [-0.3, -0.25) is 14.2 Å².